The van der Waals surface area contributed by atoms with Gasteiger partial charge in [0, 0.05) is 10.2 Å². The first-order chi connectivity index (χ1) is 6.03. The predicted octanol–water partition coefficient (Wildman–Crippen LogP) is 1.87. The van der Waals surface area contributed by atoms with Crippen molar-refractivity contribution in [2.24, 2.45) is 5.41 Å². The number of alkyl halides is 1. The third kappa shape index (κ3) is 1.37. The first kappa shape index (κ1) is 9.69. The molecule has 13 heavy (non-hydrogen) atoms. The smallest absolute Gasteiger partial charge is 0.0837 e. The monoisotopic (exact) mass is 246 g/mol. The van der Waals surface area contributed by atoms with Gasteiger partial charge in [-0.2, -0.15) is 0 Å². The van der Waals surface area contributed by atoms with Crippen molar-refractivity contribution in [1.29, 1.82) is 0 Å². The minimum Gasteiger partial charge on any atom is -0.388 e. The van der Waals surface area contributed by atoms with Crippen molar-refractivity contribution in [3.8, 4) is 0 Å². The number of halogens is 1. The van der Waals surface area contributed by atoms with Crippen molar-refractivity contribution in [3.63, 3.8) is 0 Å². The van der Waals surface area contributed by atoms with Gasteiger partial charge in [-0.3, -0.25) is 0 Å². The average Bonchev–Trinajstić information content (AvgIpc) is 2.49. The molecule has 0 unspecified atom stereocenters. The summed E-state index contributed by atoms with van der Waals surface area (Å²) < 4.78 is 5.51. The molecule has 0 aromatic carbocycles. The summed E-state index contributed by atoms with van der Waals surface area (Å²) in [6, 6.07) is 0. The van der Waals surface area contributed by atoms with E-state index in [4.69, 9.17) is 4.74 Å². The van der Waals surface area contributed by atoms with Gasteiger partial charge in [-0.05, 0) is 12.0 Å². The van der Waals surface area contributed by atoms with Crippen LogP contribution in [0.25, 0.3) is 0 Å². The van der Waals surface area contributed by atoms with Crippen LogP contribution in [0.15, 0.2) is 11.6 Å². The number of fused-ring (bicyclic) bond motifs is 1. The van der Waals surface area contributed by atoms with Crippen LogP contribution in [0.3, 0.4) is 0 Å². The highest BCUT2D eigenvalue weighted by atomic mass is 79.9. The molecule has 74 valence electrons. The molecule has 1 heterocycles. The molecule has 0 spiro atoms. The van der Waals surface area contributed by atoms with Crippen molar-refractivity contribution in [3.05, 3.63) is 11.6 Å². The highest BCUT2D eigenvalue weighted by molar-refractivity contribution is 9.09. The van der Waals surface area contributed by atoms with Crippen molar-refractivity contribution in [2.75, 3.05) is 6.61 Å². The summed E-state index contributed by atoms with van der Waals surface area (Å²) in [5, 5.41) is 10.1. The number of aliphatic hydroxyl groups is 1. The molecular weight excluding hydrogens is 232 g/mol. The summed E-state index contributed by atoms with van der Waals surface area (Å²) in [4.78, 5) is 0.329. The summed E-state index contributed by atoms with van der Waals surface area (Å²) in [6.45, 7) is 4.84. The van der Waals surface area contributed by atoms with Gasteiger partial charge in [0.05, 0.1) is 18.8 Å². The molecule has 0 saturated heterocycles. The molecule has 2 rings (SSSR count). The second-order valence-electron chi connectivity index (χ2n) is 4.45. The van der Waals surface area contributed by atoms with E-state index in [0.29, 0.717) is 11.4 Å². The molecule has 1 N–H and O–H groups in total. The fourth-order valence-corrected chi connectivity index (χ4v) is 2.66. The Kier molecular flexibility index (Phi) is 2.29. The standard InChI is InChI=1S/C10H15BrO2/c1-10(2)8(11)5-7-6(9(10)12)3-4-13-7/h3,7-9,12H,4-5H2,1-2H3/t7-,8+,9+/m0/s1. The molecule has 0 amide bonds. The Hall–Kier alpha value is 0.140. The second-order valence-corrected chi connectivity index (χ2v) is 5.56. The van der Waals surface area contributed by atoms with Crippen molar-refractivity contribution < 1.29 is 9.84 Å². The highest BCUT2D eigenvalue weighted by Crippen LogP contribution is 2.45. The van der Waals surface area contributed by atoms with Crippen LogP contribution < -0.4 is 0 Å². The van der Waals surface area contributed by atoms with Gasteiger partial charge < -0.3 is 9.84 Å². The van der Waals surface area contributed by atoms with Crippen LogP contribution in [-0.2, 0) is 4.74 Å². The Morgan fingerprint density at radius 3 is 3.00 bits per heavy atom. The van der Waals surface area contributed by atoms with Gasteiger partial charge in [-0.25, -0.2) is 0 Å². The zero-order chi connectivity index (χ0) is 9.64. The van der Waals surface area contributed by atoms with E-state index < -0.39 is 0 Å². The fraction of sp³-hybridized carbons (Fsp3) is 0.800. The summed E-state index contributed by atoms with van der Waals surface area (Å²) >= 11 is 3.62. The number of rotatable bonds is 0. The second kappa shape index (κ2) is 3.07. The third-order valence-electron chi connectivity index (χ3n) is 3.24. The van der Waals surface area contributed by atoms with Crippen LogP contribution in [0, 0.1) is 5.41 Å². The van der Waals surface area contributed by atoms with Gasteiger partial charge in [0.25, 0.3) is 0 Å². The number of hydrogen-bond donors (Lipinski definition) is 1. The maximum absolute atomic E-state index is 10.1. The lowest BCUT2D eigenvalue weighted by Gasteiger charge is -2.43. The first-order valence-corrected chi connectivity index (χ1v) is 5.58. The minimum absolute atomic E-state index is 0.0873. The Morgan fingerprint density at radius 2 is 2.31 bits per heavy atom. The molecule has 2 nitrogen and oxygen atoms in total. The molecule has 0 aromatic rings. The van der Waals surface area contributed by atoms with E-state index in [1.807, 2.05) is 6.08 Å². The number of hydrogen-bond acceptors (Lipinski definition) is 2. The molecule has 0 radical (unpaired) electrons. The molecule has 3 atom stereocenters. The van der Waals surface area contributed by atoms with E-state index in [2.05, 4.69) is 29.8 Å². The predicted molar refractivity (Wildman–Crippen MR) is 54.9 cm³/mol. The molecule has 3 heteroatoms. The van der Waals surface area contributed by atoms with Gasteiger partial charge in [-0.1, -0.05) is 35.9 Å². The largest absolute Gasteiger partial charge is 0.388 e. The van der Waals surface area contributed by atoms with Crippen LogP contribution in [0.5, 0.6) is 0 Å². The highest BCUT2D eigenvalue weighted by Gasteiger charge is 2.46. The third-order valence-corrected chi connectivity index (χ3v) is 4.79. The van der Waals surface area contributed by atoms with Gasteiger partial charge in [0.15, 0.2) is 0 Å². The average molecular weight is 247 g/mol. The van der Waals surface area contributed by atoms with Crippen molar-refractivity contribution in [1.82, 2.24) is 0 Å². The Morgan fingerprint density at radius 1 is 1.62 bits per heavy atom. The van der Waals surface area contributed by atoms with Crippen molar-refractivity contribution in [2.45, 2.75) is 37.3 Å². The Labute approximate surface area is 87.1 Å². The molecule has 1 aliphatic carbocycles. The molecule has 1 fully saturated rings. The van der Waals surface area contributed by atoms with E-state index in [-0.39, 0.29) is 17.6 Å². The van der Waals surface area contributed by atoms with Crippen LogP contribution in [0.4, 0.5) is 0 Å². The summed E-state index contributed by atoms with van der Waals surface area (Å²) in [7, 11) is 0. The quantitative estimate of drug-likeness (QED) is 0.523. The van der Waals surface area contributed by atoms with Gasteiger partial charge in [0.1, 0.15) is 0 Å². The maximum atomic E-state index is 10.1. The normalized spacial score (nSPS) is 42.8. The lowest BCUT2D eigenvalue weighted by atomic mass is 9.71. The summed E-state index contributed by atoms with van der Waals surface area (Å²) in [6.07, 6.45) is 2.77. The van der Waals surface area contributed by atoms with Crippen LogP contribution in [0.1, 0.15) is 20.3 Å². The van der Waals surface area contributed by atoms with Gasteiger partial charge in [-0.15, -0.1) is 0 Å². The zero-order valence-corrected chi connectivity index (χ0v) is 9.54. The number of aliphatic hydroxyl groups excluding tert-OH is 1. The molecule has 0 bridgehead atoms. The lowest BCUT2D eigenvalue weighted by Crippen LogP contribution is -2.47. The molecule has 0 aromatic heterocycles. The topological polar surface area (TPSA) is 29.5 Å². The van der Waals surface area contributed by atoms with E-state index >= 15 is 0 Å². The maximum Gasteiger partial charge on any atom is 0.0837 e. The molecule has 2 aliphatic rings. The van der Waals surface area contributed by atoms with Gasteiger partial charge in [0.2, 0.25) is 0 Å². The van der Waals surface area contributed by atoms with Crippen LogP contribution in [-0.4, -0.2) is 28.7 Å². The number of ether oxygens (including phenoxy) is 1. The van der Waals surface area contributed by atoms with Crippen LogP contribution in [0.2, 0.25) is 0 Å². The minimum atomic E-state index is -0.363. The Bertz CT molecular complexity index is 247. The summed E-state index contributed by atoms with van der Waals surface area (Å²) in [5.41, 5.74) is 0.997. The molecule has 1 saturated carbocycles. The Balaban J connectivity index is 2.28. The first-order valence-electron chi connectivity index (χ1n) is 4.67. The fourth-order valence-electron chi connectivity index (χ4n) is 2.07. The zero-order valence-electron chi connectivity index (χ0n) is 7.96. The van der Waals surface area contributed by atoms with E-state index in [0.717, 1.165) is 12.0 Å². The molecular formula is C10H15BrO2. The van der Waals surface area contributed by atoms with E-state index in [1.165, 1.54) is 0 Å². The van der Waals surface area contributed by atoms with Crippen LogP contribution >= 0.6 is 15.9 Å². The molecule has 1 aliphatic heterocycles. The summed E-state index contributed by atoms with van der Waals surface area (Å²) in [5.74, 6) is 0. The van der Waals surface area contributed by atoms with Gasteiger partial charge >= 0.3 is 0 Å². The van der Waals surface area contributed by atoms with Crippen molar-refractivity contribution >= 4 is 15.9 Å². The van der Waals surface area contributed by atoms with E-state index in [9.17, 15) is 5.11 Å². The van der Waals surface area contributed by atoms with E-state index in [1.54, 1.807) is 0 Å². The SMILES string of the molecule is CC1(C)[C@H](Br)C[C@@H]2OCC=C2[C@H]1O. The lowest BCUT2D eigenvalue weighted by molar-refractivity contribution is 0.00812.